The highest BCUT2D eigenvalue weighted by Crippen LogP contribution is 2.27. The third kappa shape index (κ3) is 3.02. The van der Waals surface area contributed by atoms with Crippen LogP contribution in [0.4, 0.5) is 4.39 Å². The van der Waals surface area contributed by atoms with E-state index in [0.29, 0.717) is 16.5 Å². The van der Waals surface area contributed by atoms with Crippen molar-refractivity contribution in [2.24, 2.45) is 0 Å². The van der Waals surface area contributed by atoms with Gasteiger partial charge < -0.3 is 5.11 Å². The van der Waals surface area contributed by atoms with Crippen molar-refractivity contribution in [1.82, 2.24) is 4.98 Å². The number of carbonyl (C=O) groups is 1. The summed E-state index contributed by atoms with van der Waals surface area (Å²) in [6, 6.07) is 6.14. The first kappa shape index (κ1) is 14.2. The highest BCUT2D eigenvalue weighted by molar-refractivity contribution is 5.93. The van der Waals surface area contributed by atoms with E-state index in [1.54, 1.807) is 12.1 Å². The van der Waals surface area contributed by atoms with Gasteiger partial charge in [0.05, 0.1) is 5.52 Å². The molecule has 0 saturated heterocycles. The molecule has 0 fully saturated rings. The number of aromatic nitrogens is 1. The molecule has 3 nitrogen and oxygen atoms in total. The van der Waals surface area contributed by atoms with E-state index in [1.165, 1.54) is 18.2 Å². The van der Waals surface area contributed by atoms with Gasteiger partial charge in [-0.25, -0.2) is 9.18 Å². The largest absolute Gasteiger partial charge is 0.478 e. The number of carboxylic acid groups (broad SMARTS) is 1. The number of nitrogens with zero attached hydrogens (tertiary/aromatic N) is 1. The number of rotatable bonds is 2. The number of hydrogen-bond acceptors (Lipinski definition) is 2. The van der Waals surface area contributed by atoms with Crippen molar-refractivity contribution in [3.63, 3.8) is 0 Å². The second kappa shape index (κ2) is 5.04. The fraction of sp³-hybridized carbons (Fsp3) is 0.250. The van der Waals surface area contributed by atoms with Gasteiger partial charge in [0.1, 0.15) is 5.82 Å². The fourth-order valence-corrected chi connectivity index (χ4v) is 1.91. The number of fused-ring (bicyclic) bond motifs is 1. The van der Waals surface area contributed by atoms with E-state index in [9.17, 15) is 9.18 Å². The van der Waals surface area contributed by atoms with Gasteiger partial charge in [-0.1, -0.05) is 20.8 Å². The third-order valence-corrected chi connectivity index (χ3v) is 2.98. The molecule has 1 N–H and O–H groups in total. The summed E-state index contributed by atoms with van der Waals surface area (Å²) in [6.45, 7) is 6.07. The van der Waals surface area contributed by atoms with E-state index in [0.717, 1.165) is 11.8 Å². The standard InChI is InChI=1S/C16H16FNO2/c1-16(2,3)14-8-10(4-7-15(19)20)12-9-11(17)5-6-13(12)18-14/h4-9H,1-3H3,(H,19,20)/b7-4+. The van der Waals surface area contributed by atoms with Crippen LogP contribution in [0.15, 0.2) is 30.3 Å². The molecule has 0 radical (unpaired) electrons. The maximum atomic E-state index is 13.4. The maximum absolute atomic E-state index is 13.4. The van der Waals surface area contributed by atoms with Gasteiger partial charge >= 0.3 is 5.97 Å². The summed E-state index contributed by atoms with van der Waals surface area (Å²) in [7, 11) is 0. The summed E-state index contributed by atoms with van der Waals surface area (Å²) in [5, 5.41) is 9.36. The lowest BCUT2D eigenvalue weighted by molar-refractivity contribution is -0.131. The molecule has 104 valence electrons. The Morgan fingerprint density at radius 1 is 1.30 bits per heavy atom. The number of aliphatic carboxylic acids is 1. The molecule has 1 heterocycles. The van der Waals surface area contributed by atoms with Crippen LogP contribution in [0, 0.1) is 5.82 Å². The molecule has 0 aliphatic heterocycles. The summed E-state index contributed by atoms with van der Waals surface area (Å²) in [5.41, 5.74) is 1.97. The Morgan fingerprint density at radius 3 is 2.60 bits per heavy atom. The number of carboxylic acids is 1. The van der Waals surface area contributed by atoms with Crippen LogP contribution < -0.4 is 0 Å². The van der Waals surface area contributed by atoms with Crippen molar-refractivity contribution < 1.29 is 14.3 Å². The summed E-state index contributed by atoms with van der Waals surface area (Å²) >= 11 is 0. The molecule has 0 aliphatic rings. The first-order valence-electron chi connectivity index (χ1n) is 6.29. The van der Waals surface area contributed by atoms with Gasteiger partial charge in [0, 0.05) is 22.6 Å². The van der Waals surface area contributed by atoms with Gasteiger partial charge in [-0.15, -0.1) is 0 Å². The molecule has 0 saturated carbocycles. The van der Waals surface area contributed by atoms with Crippen LogP contribution in [-0.4, -0.2) is 16.1 Å². The Bertz CT molecular complexity index is 699. The van der Waals surface area contributed by atoms with Gasteiger partial charge in [0.2, 0.25) is 0 Å². The Hall–Kier alpha value is -2.23. The van der Waals surface area contributed by atoms with E-state index in [1.807, 2.05) is 20.8 Å². The number of hydrogen-bond donors (Lipinski definition) is 1. The molecule has 0 spiro atoms. The second-order valence-corrected chi connectivity index (χ2v) is 5.68. The van der Waals surface area contributed by atoms with Crippen molar-refractivity contribution in [2.45, 2.75) is 26.2 Å². The highest BCUT2D eigenvalue weighted by Gasteiger charge is 2.17. The van der Waals surface area contributed by atoms with Gasteiger partial charge in [0.25, 0.3) is 0 Å². The maximum Gasteiger partial charge on any atom is 0.328 e. The lowest BCUT2D eigenvalue weighted by Crippen LogP contribution is -2.13. The van der Waals surface area contributed by atoms with Crippen molar-refractivity contribution >= 4 is 22.9 Å². The van der Waals surface area contributed by atoms with Crippen LogP contribution in [0.2, 0.25) is 0 Å². The first-order valence-corrected chi connectivity index (χ1v) is 6.29. The first-order chi connectivity index (χ1) is 9.27. The predicted octanol–water partition coefficient (Wildman–Crippen LogP) is 3.77. The molecule has 0 aliphatic carbocycles. The second-order valence-electron chi connectivity index (χ2n) is 5.68. The smallest absolute Gasteiger partial charge is 0.328 e. The lowest BCUT2D eigenvalue weighted by Gasteiger charge is -2.19. The summed E-state index contributed by atoms with van der Waals surface area (Å²) in [4.78, 5) is 15.2. The molecule has 0 bridgehead atoms. The molecule has 2 rings (SSSR count). The molecule has 2 aromatic rings. The van der Waals surface area contributed by atoms with Crippen LogP contribution in [-0.2, 0) is 10.2 Å². The number of pyridine rings is 1. The Kier molecular flexibility index (Phi) is 3.57. The Labute approximate surface area is 116 Å². The van der Waals surface area contributed by atoms with Crippen molar-refractivity contribution in [1.29, 1.82) is 0 Å². The minimum atomic E-state index is -1.04. The zero-order valence-electron chi connectivity index (χ0n) is 11.6. The molecule has 20 heavy (non-hydrogen) atoms. The number of benzene rings is 1. The van der Waals surface area contributed by atoms with Crippen LogP contribution in [0.1, 0.15) is 32.0 Å². The SMILES string of the molecule is CC(C)(C)c1cc(/C=C/C(=O)O)c2cc(F)ccc2n1. The molecule has 0 atom stereocenters. The molecule has 1 aromatic heterocycles. The van der Waals surface area contributed by atoms with E-state index >= 15 is 0 Å². The Balaban J connectivity index is 2.73. The topological polar surface area (TPSA) is 50.2 Å². The number of halogens is 1. The predicted molar refractivity (Wildman–Crippen MR) is 77.1 cm³/mol. The van der Waals surface area contributed by atoms with Gasteiger partial charge in [-0.2, -0.15) is 0 Å². The van der Waals surface area contributed by atoms with Gasteiger partial charge in [-0.05, 0) is 35.9 Å². The third-order valence-electron chi connectivity index (χ3n) is 2.98. The average molecular weight is 273 g/mol. The fourth-order valence-electron chi connectivity index (χ4n) is 1.91. The highest BCUT2D eigenvalue weighted by atomic mass is 19.1. The van der Waals surface area contributed by atoms with Gasteiger partial charge in [0.15, 0.2) is 0 Å². The molecular weight excluding hydrogens is 257 g/mol. The monoisotopic (exact) mass is 273 g/mol. The van der Waals surface area contributed by atoms with Crippen molar-refractivity contribution in [3.05, 3.63) is 47.4 Å². The van der Waals surface area contributed by atoms with Gasteiger partial charge in [-0.3, -0.25) is 4.98 Å². The molecular formula is C16H16FNO2. The van der Waals surface area contributed by atoms with E-state index < -0.39 is 5.97 Å². The minimum Gasteiger partial charge on any atom is -0.478 e. The van der Waals surface area contributed by atoms with Crippen LogP contribution >= 0.6 is 0 Å². The molecule has 4 heteroatoms. The molecule has 0 amide bonds. The summed E-state index contributed by atoms with van der Waals surface area (Å²) < 4.78 is 13.4. The van der Waals surface area contributed by atoms with Crippen LogP contribution in [0.3, 0.4) is 0 Å². The Morgan fingerprint density at radius 2 is 2.00 bits per heavy atom. The lowest BCUT2D eigenvalue weighted by atomic mass is 9.89. The van der Waals surface area contributed by atoms with Crippen LogP contribution in [0.5, 0.6) is 0 Å². The average Bonchev–Trinajstić information content (AvgIpc) is 2.34. The van der Waals surface area contributed by atoms with E-state index in [4.69, 9.17) is 5.11 Å². The molecule has 1 aromatic carbocycles. The summed E-state index contributed by atoms with van der Waals surface area (Å²) in [6.07, 6.45) is 2.52. The normalized spacial score (nSPS) is 12.2. The van der Waals surface area contributed by atoms with E-state index in [2.05, 4.69) is 4.98 Å². The summed E-state index contributed by atoms with van der Waals surface area (Å²) in [5.74, 6) is -1.41. The van der Waals surface area contributed by atoms with Crippen molar-refractivity contribution in [3.8, 4) is 0 Å². The zero-order valence-corrected chi connectivity index (χ0v) is 11.6. The quantitative estimate of drug-likeness (QED) is 0.847. The van der Waals surface area contributed by atoms with Crippen molar-refractivity contribution in [2.75, 3.05) is 0 Å². The zero-order chi connectivity index (χ0) is 14.9. The van der Waals surface area contributed by atoms with Crippen LogP contribution in [0.25, 0.3) is 17.0 Å². The molecule has 0 unspecified atom stereocenters. The minimum absolute atomic E-state index is 0.172. The van der Waals surface area contributed by atoms with E-state index in [-0.39, 0.29) is 11.2 Å².